The lowest BCUT2D eigenvalue weighted by Gasteiger charge is -2.15. The van der Waals surface area contributed by atoms with Gasteiger partial charge in [0, 0.05) is 15.1 Å². The van der Waals surface area contributed by atoms with Crippen LogP contribution >= 0.6 is 46.4 Å². The van der Waals surface area contributed by atoms with E-state index in [1.54, 1.807) is 18.2 Å². The Morgan fingerprint density at radius 1 is 0.944 bits per heavy atom. The van der Waals surface area contributed by atoms with E-state index in [0.717, 1.165) is 16.7 Å². The van der Waals surface area contributed by atoms with Crippen LogP contribution in [0.2, 0.25) is 15.1 Å². The highest BCUT2D eigenvalue weighted by molar-refractivity contribution is 6.36. The molecular formula is C14H10Cl4. The molecule has 0 heterocycles. The predicted molar refractivity (Wildman–Crippen MR) is 80.3 cm³/mol. The predicted octanol–water partition coefficient (Wildman–Crippen LogP) is 6.28. The third-order valence-electron chi connectivity index (χ3n) is 2.73. The van der Waals surface area contributed by atoms with Crippen LogP contribution < -0.4 is 0 Å². The van der Waals surface area contributed by atoms with Crippen molar-refractivity contribution in [1.29, 1.82) is 0 Å². The lowest BCUT2D eigenvalue weighted by molar-refractivity contribution is 1.13. The molecule has 1 atom stereocenters. The highest BCUT2D eigenvalue weighted by Crippen LogP contribution is 2.38. The van der Waals surface area contributed by atoms with Crippen LogP contribution in [0.15, 0.2) is 36.4 Å². The first-order valence-corrected chi connectivity index (χ1v) is 6.91. The summed E-state index contributed by atoms with van der Waals surface area (Å²) in [4.78, 5) is 0. The average molecular weight is 320 g/mol. The largest absolute Gasteiger partial charge is 0.112 e. The van der Waals surface area contributed by atoms with Gasteiger partial charge in [0.05, 0.1) is 5.38 Å². The van der Waals surface area contributed by atoms with E-state index in [2.05, 4.69) is 0 Å². The van der Waals surface area contributed by atoms with Crippen LogP contribution in [-0.4, -0.2) is 0 Å². The zero-order chi connectivity index (χ0) is 13.3. The van der Waals surface area contributed by atoms with Crippen molar-refractivity contribution in [3.63, 3.8) is 0 Å². The second-order valence-electron chi connectivity index (χ2n) is 4.01. The Morgan fingerprint density at radius 3 is 2.39 bits per heavy atom. The summed E-state index contributed by atoms with van der Waals surface area (Å²) in [5, 5.41) is 1.43. The number of hydrogen-bond acceptors (Lipinski definition) is 0. The fourth-order valence-corrected chi connectivity index (χ4v) is 2.86. The van der Waals surface area contributed by atoms with E-state index in [-0.39, 0.29) is 0 Å². The van der Waals surface area contributed by atoms with Crippen LogP contribution in [-0.2, 0) is 0 Å². The van der Waals surface area contributed by atoms with Crippen molar-refractivity contribution in [1.82, 2.24) is 0 Å². The normalized spacial score (nSPS) is 12.5. The molecule has 0 saturated heterocycles. The molecule has 18 heavy (non-hydrogen) atoms. The Bertz CT molecular complexity index is 576. The van der Waals surface area contributed by atoms with Gasteiger partial charge in [-0.1, -0.05) is 53.0 Å². The van der Waals surface area contributed by atoms with E-state index in [1.807, 2.05) is 25.1 Å². The standard InChI is InChI=1S/C14H10Cl4/c1-8-3-2-4-10(13(8)17)14(18)11-7-9(15)5-6-12(11)16/h2-7,14H,1H3. The van der Waals surface area contributed by atoms with Gasteiger partial charge in [0.2, 0.25) is 0 Å². The summed E-state index contributed by atoms with van der Waals surface area (Å²) in [6.07, 6.45) is 0. The van der Waals surface area contributed by atoms with E-state index < -0.39 is 5.38 Å². The molecule has 1 unspecified atom stereocenters. The monoisotopic (exact) mass is 318 g/mol. The summed E-state index contributed by atoms with van der Waals surface area (Å²) in [6.45, 7) is 1.94. The topological polar surface area (TPSA) is 0 Å². The van der Waals surface area contributed by atoms with Crippen LogP contribution in [0.3, 0.4) is 0 Å². The lowest BCUT2D eigenvalue weighted by atomic mass is 10.0. The number of rotatable bonds is 2. The number of benzene rings is 2. The van der Waals surface area contributed by atoms with Gasteiger partial charge in [-0.15, -0.1) is 11.6 Å². The summed E-state index contributed by atoms with van der Waals surface area (Å²) in [7, 11) is 0. The average Bonchev–Trinajstić information content (AvgIpc) is 2.35. The fourth-order valence-electron chi connectivity index (χ4n) is 1.74. The number of hydrogen-bond donors (Lipinski definition) is 0. The van der Waals surface area contributed by atoms with E-state index in [4.69, 9.17) is 46.4 Å². The molecule has 0 aliphatic rings. The van der Waals surface area contributed by atoms with Crippen molar-refractivity contribution in [2.45, 2.75) is 12.3 Å². The second-order valence-corrected chi connectivity index (χ2v) is 5.66. The fraction of sp³-hybridized carbons (Fsp3) is 0.143. The molecule has 0 spiro atoms. The van der Waals surface area contributed by atoms with Gasteiger partial charge in [-0.05, 0) is 41.8 Å². The smallest absolute Gasteiger partial charge is 0.0864 e. The minimum Gasteiger partial charge on any atom is -0.112 e. The van der Waals surface area contributed by atoms with E-state index in [9.17, 15) is 0 Å². The molecular weight excluding hydrogens is 310 g/mol. The van der Waals surface area contributed by atoms with Crippen LogP contribution in [0.5, 0.6) is 0 Å². The van der Waals surface area contributed by atoms with E-state index in [0.29, 0.717) is 15.1 Å². The molecule has 94 valence electrons. The van der Waals surface area contributed by atoms with Crippen molar-refractivity contribution in [2.24, 2.45) is 0 Å². The van der Waals surface area contributed by atoms with Gasteiger partial charge in [0.1, 0.15) is 0 Å². The molecule has 0 amide bonds. The third kappa shape index (κ3) is 2.78. The van der Waals surface area contributed by atoms with Crippen molar-refractivity contribution >= 4 is 46.4 Å². The van der Waals surface area contributed by atoms with Crippen molar-refractivity contribution in [3.05, 3.63) is 68.2 Å². The number of aryl methyl sites for hydroxylation is 1. The van der Waals surface area contributed by atoms with Crippen LogP contribution in [0.4, 0.5) is 0 Å². The Morgan fingerprint density at radius 2 is 1.67 bits per heavy atom. The minimum absolute atomic E-state index is 0.413. The zero-order valence-electron chi connectivity index (χ0n) is 9.55. The summed E-state index contributed by atoms with van der Waals surface area (Å²) >= 11 is 24.8. The first-order valence-electron chi connectivity index (χ1n) is 5.34. The van der Waals surface area contributed by atoms with Gasteiger partial charge in [-0.2, -0.15) is 0 Å². The zero-order valence-corrected chi connectivity index (χ0v) is 12.6. The highest BCUT2D eigenvalue weighted by Gasteiger charge is 2.18. The van der Waals surface area contributed by atoms with Gasteiger partial charge in [0.15, 0.2) is 0 Å². The van der Waals surface area contributed by atoms with Gasteiger partial charge >= 0.3 is 0 Å². The Balaban J connectivity index is 2.51. The van der Waals surface area contributed by atoms with Crippen molar-refractivity contribution in [2.75, 3.05) is 0 Å². The molecule has 0 aliphatic carbocycles. The molecule has 2 rings (SSSR count). The van der Waals surface area contributed by atoms with Crippen molar-refractivity contribution in [3.8, 4) is 0 Å². The molecule has 4 heteroatoms. The van der Waals surface area contributed by atoms with Gasteiger partial charge < -0.3 is 0 Å². The Hall–Kier alpha value is -0.400. The quantitative estimate of drug-likeness (QED) is 0.571. The molecule has 2 aromatic rings. The highest BCUT2D eigenvalue weighted by atomic mass is 35.5. The number of alkyl halides is 1. The first-order chi connectivity index (χ1) is 8.50. The van der Waals surface area contributed by atoms with E-state index in [1.165, 1.54) is 0 Å². The molecule has 0 aliphatic heterocycles. The summed E-state index contributed by atoms with van der Waals surface area (Å²) in [5.74, 6) is 0. The molecule has 0 radical (unpaired) electrons. The Kier molecular flexibility index (Phi) is 4.45. The lowest BCUT2D eigenvalue weighted by Crippen LogP contribution is -1.96. The maximum Gasteiger partial charge on any atom is 0.0864 e. The molecule has 0 saturated carbocycles. The molecule has 0 fully saturated rings. The maximum atomic E-state index is 6.46. The van der Waals surface area contributed by atoms with Crippen molar-refractivity contribution < 1.29 is 0 Å². The molecule has 0 N–H and O–H groups in total. The second kappa shape index (κ2) is 5.71. The van der Waals surface area contributed by atoms with Gasteiger partial charge in [-0.3, -0.25) is 0 Å². The van der Waals surface area contributed by atoms with Crippen LogP contribution in [0.25, 0.3) is 0 Å². The number of halogens is 4. The van der Waals surface area contributed by atoms with E-state index >= 15 is 0 Å². The SMILES string of the molecule is Cc1cccc(C(Cl)c2cc(Cl)ccc2Cl)c1Cl. The van der Waals surface area contributed by atoms with Gasteiger partial charge in [0.25, 0.3) is 0 Å². The summed E-state index contributed by atoms with van der Waals surface area (Å²) < 4.78 is 0. The van der Waals surface area contributed by atoms with Gasteiger partial charge in [-0.25, -0.2) is 0 Å². The maximum absolute atomic E-state index is 6.46. The van der Waals surface area contributed by atoms with Crippen LogP contribution in [0.1, 0.15) is 22.1 Å². The molecule has 0 bridgehead atoms. The Labute approximate surface area is 126 Å². The third-order valence-corrected chi connectivity index (χ3v) is 4.29. The van der Waals surface area contributed by atoms with Crippen LogP contribution in [0, 0.1) is 6.92 Å². The molecule has 0 nitrogen and oxygen atoms in total. The summed E-state index contributed by atoms with van der Waals surface area (Å²) in [6, 6.07) is 11.0. The minimum atomic E-state index is -0.413. The first kappa shape index (κ1) is 14.0. The summed E-state index contributed by atoms with van der Waals surface area (Å²) in [5.41, 5.74) is 2.58. The molecule has 0 aromatic heterocycles. The molecule has 2 aromatic carbocycles.